The summed E-state index contributed by atoms with van der Waals surface area (Å²) in [5.74, 6) is 0. The van der Waals surface area contributed by atoms with E-state index in [4.69, 9.17) is 0 Å². The highest BCUT2D eigenvalue weighted by Crippen LogP contribution is 2.15. The molecule has 0 saturated heterocycles. The molecule has 1 N–H and O–H groups in total. The number of rotatable bonds is 7. The summed E-state index contributed by atoms with van der Waals surface area (Å²) in [6.07, 6.45) is 0. The molecule has 0 amide bonds. The lowest BCUT2D eigenvalue weighted by molar-refractivity contribution is 0.318. The van der Waals surface area contributed by atoms with Crippen LogP contribution in [-0.2, 0) is 19.6 Å². The SMILES string of the molecule is CCNCc1ccccc1CN(C)Cc1cccc(Br)c1. The van der Waals surface area contributed by atoms with E-state index in [1.165, 1.54) is 16.7 Å². The molecule has 0 aliphatic heterocycles. The zero-order valence-electron chi connectivity index (χ0n) is 12.8. The van der Waals surface area contributed by atoms with Crippen molar-refractivity contribution in [3.05, 3.63) is 69.7 Å². The van der Waals surface area contributed by atoms with Crippen molar-refractivity contribution in [2.24, 2.45) is 0 Å². The molecular weight excluding hydrogens is 324 g/mol. The van der Waals surface area contributed by atoms with E-state index < -0.39 is 0 Å². The quantitative estimate of drug-likeness (QED) is 0.808. The maximum absolute atomic E-state index is 3.53. The third-order valence-corrected chi connectivity index (χ3v) is 3.96. The largest absolute Gasteiger partial charge is 0.313 e. The van der Waals surface area contributed by atoms with E-state index in [-0.39, 0.29) is 0 Å². The molecule has 2 aromatic carbocycles. The molecule has 0 aromatic heterocycles. The molecule has 0 heterocycles. The molecule has 112 valence electrons. The smallest absolute Gasteiger partial charge is 0.0237 e. The number of nitrogens with zero attached hydrogens (tertiary/aromatic N) is 1. The first-order valence-electron chi connectivity index (χ1n) is 7.39. The minimum absolute atomic E-state index is 0.942. The Morgan fingerprint density at radius 3 is 2.48 bits per heavy atom. The zero-order chi connectivity index (χ0) is 15.1. The van der Waals surface area contributed by atoms with Crippen molar-refractivity contribution < 1.29 is 0 Å². The van der Waals surface area contributed by atoms with Gasteiger partial charge in [-0.3, -0.25) is 4.90 Å². The lowest BCUT2D eigenvalue weighted by Gasteiger charge is -2.19. The fourth-order valence-corrected chi connectivity index (χ4v) is 2.88. The Balaban J connectivity index is 2.00. The molecule has 3 heteroatoms. The van der Waals surface area contributed by atoms with Gasteiger partial charge in [-0.15, -0.1) is 0 Å². The molecule has 0 saturated carbocycles. The topological polar surface area (TPSA) is 15.3 Å². The van der Waals surface area contributed by atoms with Gasteiger partial charge in [-0.2, -0.15) is 0 Å². The van der Waals surface area contributed by atoms with E-state index in [0.29, 0.717) is 0 Å². The molecule has 21 heavy (non-hydrogen) atoms. The second-order valence-electron chi connectivity index (χ2n) is 5.35. The molecule has 0 bridgehead atoms. The summed E-state index contributed by atoms with van der Waals surface area (Å²) >= 11 is 3.53. The summed E-state index contributed by atoms with van der Waals surface area (Å²) in [7, 11) is 2.17. The average molecular weight is 347 g/mol. The van der Waals surface area contributed by atoms with Gasteiger partial charge in [0.2, 0.25) is 0 Å². The third kappa shape index (κ3) is 5.27. The lowest BCUT2D eigenvalue weighted by Crippen LogP contribution is -2.20. The Morgan fingerprint density at radius 1 is 1.00 bits per heavy atom. The first-order valence-corrected chi connectivity index (χ1v) is 8.19. The van der Waals surface area contributed by atoms with E-state index in [1.54, 1.807) is 0 Å². The first kappa shape index (κ1) is 16.2. The summed E-state index contributed by atoms with van der Waals surface area (Å²) in [5.41, 5.74) is 4.12. The summed E-state index contributed by atoms with van der Waals surface area (Å²) in [6, 6.07) is 17.2. The van der Waals surface area contributed by atoms with Crippen LogP contribution in [0.3, 0.4) is 0 Å². The molecule has 0 spiro atoms. The molecular formula is C18H23BrN2. The van der Waals surface area contributed by atoms with Crippen LogP contribution in [0.5, 0.6) is 0 Å². The molecule has 0 atom stereocenters. The minimum Gasteiger partial charge on any atom is -0.313 e. The molecule has 2 rings (SSSR count). The van der Waals surface area contributed by atoms with E-state index in [0.717, 1.165) is 30.7 Å². The number of hydrogen-bond acceptors (Lipinski definition) is 2. The highest BCUT2D eigenvalue weighted by molar-refractivity contribution is 9.10. The zero-order valence-corrected chi connectivity index (χ0v) is 14.4. The first-order chi connectivity index (χ1) is 10.2. The van der Waals surface area contributed by atoms with Gasteiger partial charge in [0.25, 0.3) is 0 Å². The number of benzene rings is 2. The van der Waals surface area contributed by atoms with E-state index >= 15 is 0 Å². The number of hydrogen-bond donors (Lipinski definition) is 1. The third-order valence-electron chi connectivity index (χ3n) is 3.47. The van der Waals surface area contributed by atoms with Crippen molar-refractivity contribution in [3.63, 3.8) is 0 Å². The van der Waals surface area contributed by atoms with Crippen molar-refractivity contribution in [1.29, 1.82) is 0 Å². The summed E-state index contributed by atoms with van der Waals surface area (Å²) in [6.45, 7) is 6.00. The Hall–Kier alpha value is -1.16. The van der Waals surface area contributed by atoms with Gasteiger partial charge < -0.3 is 5.32 Å². The lowest BCUT2D eigenvalue weighted by atomic mass is 10.1. The predicted octanol–water partition coefficient (Wildman–Crippen LogP) is 4.19. The fourth-order valence-electron chi connectivity index (χ4n) is 2.44. The van der Waals surface area contributed by atoms with E-state index in [9.17, 15) is 0 Å². The van der Waals surface area contributed by atoms with Crippen LogP contribution >= 0.6 is 15.9 Å². The van der Waals surface area contributed by atoms with Gasteiger partial charge in [0.05, 0.1) is 0 Å². The minimum atomic E-state index is 0.942. The summed E-state index contributed by atoms with van der Waals surface area (Å²) in [4.78, 5) is 2.35. The molecule has 0 unspecified atom stereocenters. The molecule has 2 aromatic rings. The van der Waals surface area contributed by atoms with Crippen LogP contribution in [0.1, 0.15) is 23.6 Å². The molecule has 2 nitrogen and oxygen atoms in total. The van der Waals surface area contributed by atoms with Crippen molar-refractivity contribution in [2.75, 3.05) is 13.6 Å². The van der Waals surface area contributed by atoms with Crippen molar-refractivity contribution in [2.45, 2.75) is 26.6 Å². The maximum Gasteiger partial charge on any atom is 0.0237 e. The molecule has 0 aliphatic carbocycles. The monoisotopic (exact) mass is 346 g/mol. The van der Waals surface area contributed by atoms with Gasteiger partial charge in [0.15, 0.2) is 0 Å². The number of nitrogens with one attached hydrogen (secondary N) is 1. The van der Waals surface area contributed by atoms with Crippen LogP contribution in [0, 0.1) is 0 Å². The average Bonchev–Trinajstić information content (AvgIpc) is 2.46. The molecule has 0 fully saturated rings. The Labute approximate surface area is 136 Å². The highest BCUT2D eigenvalue weighted by atomic mass is 79.9. The second kappa shape index (κ2) is 8.32. The van der Waals surface area contributed by atoms with Gasteiger partial charge in [0, 0.05) is 24.1 Å². The van der Waals surface area contributed by atoms with Crippen molar-refractivity contribution >= 4 is 15.9 Å². The van der Waals surface area contributed by atoms with Gasteiger partial charge in [-0.1, -0.05) is 59.3 Å². The standard InChI is InChI=1S/C18H23BrN2/c1-3-20-12-16-8-4-5-9-17(16)14-21(2)13-15-7-6-10-18(19)11-15/h4-11,20H,3,12-14H2,1-2H3. The van der Waals surface area contributed by atoms with E-state index in [2.05, 4.69) is 88.6 Å². The predicted molar refractivity (Wildman–Crippen MR) is 93.1 cm³/mol. The van der Waals surface area contributed by atoms with Crippen LogP contribution in [0.4, 0.5) is 0 Å². The van der Waals surface area contributed by atoms with Gasteiger partial charge in [-0.05, 0) is 42.4 Å². The fraction of sp³-hybridized carbons (Fsp3) is 0.333. The van der Waals surface area contributed by atoms with Crippen LogP contribution < -0.4 is 5.32 Å². The van der Waals surface area contributed by atoms with Gasteiger partial charge in [-0.25, -0.2) is 0 Å². The molecule has 0 aliphatic rings. The van der Waals surface area contributed by atoms with Gasteiger partial charge in [0.1, 0.15) is 0 Å². The Morgan fingerprint density at radius 2 is 1.76 bits per heavy atom. The van der Waals surface area contributed by atoms with Crippen molar-refractivity contribution in [1.82, 2.24) is 10.2 Å². The van der Waals surface area contributed by atoms with Crippen LogP contribution in [0.15, 0.2) is 53.0 Å². The second-order valence-corrected chi connectivity index (χ2v) is 6.27. The highest BCUT2D eigenvalue weighted by Gasteiger charge is 2.06. The normalized spacial score (nSPS) is 11.0. The summed E-state index contributed by atoms with van der Waals surface area (Å²) < 4.78 is 1.14. The Bertz CT molecular complexity index is 569. The number of halogens is 1. The van der Waals surface area contributed by atoms with Crippen LogP contribution in [-0.4, -0.2) is 18.5 Å². The molecule has 0 radical (unpaired) electrons. The van der Waals surface area contributed by atoms with Crippen molar-refractivity contribution in [3.8, 4) is 0 Å². The van der Waals surface area contributed by atoms with E-state index in [1.807, 2.05) is 0 Å². The summed E-state index contributed by atoms with van der Waals surface area (Å²) in [5, 5.41) is 3.41. The van der Waals surface area contributed by atoms with Gasteiger partial charge >= 0.3 is 0 Å². The maximum atomic E-state index is 3.53. The van der Waals surface area contributed by atoms with Crippen LogP contribution in [0.25, 0.3) is 0 Å². The van der Waals surface area contributed by atoms with Crippen LogP contribution in [0.2, 0.25) is 0 Å². The Kier molecular flexibility index (Phi) is 6.43.